The van der Waals surface area contributed by atoms with Gasteiger partial charge in [-0.1, -0.05) is 45.8 Å². The molecule has 0 aromatic carbocycles. The number of aliphatic hydroxyl groups is 1. The van der Waals surface area contributed by atoms with E-state index in [1.165, 1.54) is 50.5 Å². The van der Waals surface area contributed by atoms with Gasteiger partial charge < -0.3 is 14.6 Å². The van der Waals surface area contributed by atoms with Gasteiger partial charge in [0.25, 0.3) is 0 Å². The van der Waals surface area contributed by atoms with Gasteiger partial charge in [0.15, 0.2) is 6.29 Å². The number of hydrogen-bond donors (Lipinski definition) is 1. The summed E-state index contributed by atoms with van der Waals surface area (Å²) in [4.78, 5) is 0. The Labute approximate surface area is 189 Å². The number of ether oxygens (including phenoxy) is 2. The lowest BCUT2D eigenvalue weighted by atomic mass is 9.42. The predicted molar refractivity (Wildman–Crippen MR) is 122 cm³/mol. The molecule has 0 amide bonds. The van der Waals surface area contributed by atoms with E-state index in [1.54, 1.807) is 0 Å². The Morgan fingerprint density at radius 2 is 1.87 bits per heavy atom. The van der Waals surface area contributed by atoms with E-state index in [9.17, 15) is 5.11 Å². The quantitative estimate of drug-likeness (QED) is 0.538. The van der Waals surface area contributed by atoms with Crippen LogP contribution in [0.5, 0.6) is 0 Å². The Morgan fingerprint density at radius 1 is 1.06 bits per heavy atom. The fourth-order valence-electron chi connectivity index (χ4n) is 10.2. The summed E-state index contributed by atoms with van der Waals surface area (Å²) in [5.41, 5.74) is 1.01. The first kappa shape index (κ1) is 21.2. The van der Waals surface area contributed by atoms with E-state index >= 15 is 0 Å². The molecule has 10 unspecified atom stereocenters. The zero-order valence-corrected chi connectivity index (χ0v) is 20.3. The summed E-state index contributed by atoms with van der Waals surface area (Å²) in [6.07, 6.45) is 13.3. The van der Waals surface area contributed by atoms with Crippen LogP contribution in [0.2, 0.25) is 0 Å². The second-order valence-corrected chi connectivity index (χ2v) is 13.2. The molecule has 0 aromatic heterocycles. The number of fused-ring (bicyclic) bond motifs is 3. The van der Waals surface area contributed by atoms with Gasteiger partial charge in [0.05, 0.1) is 17.3 Å². The van der Waals surface area contributed by atoms with Crippen LogP contribution in [0, 0.1) is 40.4 Å². The Balaban J connectivity index is 1.32. The van der Waals surface area contributed by atoms with E-state index < -0.39 is 5.60 Å². The second-order valence-electron chi connectivity index (χ2n) is 13.2. The predicted octanol–water partition coefficient (Wildman–Crippen LogP) is 6.25. The number of rotatable bonds is 4. The molecule has 1 spiro atoms. The monoisotopic (exact) mass is 428 g/mol. The van der Waals surface area contributed by atoms with Crippen molar-refractivity contribution in [3.05, 3.63) is 12.2 Å². The summed E-state index contributed by atoms with van der Waals surface area (Å²) in [7, 11) is 0. The Hall–Kier alpha value is -0.380. The average Bonchev–Trinajstić information content (AvgIpc) is 3.25. The van der Waals surface area contributed by atoms with E-state index in [0.717, 1.165) is 31.6 Å². The Bertz CT molecular complexity index is 776. The lowest BCUT2D eigenvalue weighted by molar-refractivity contribution is -0.220. The molecule has 6 rings (SSSR count). The zero-order chi connectivity index (χ0) is 21.8. The summed E-state index contributed by atoms with van der Waals surface area (Å²) in [5.74, 6) is 2.61. The summed E-state index contributed by atoms with van der Waals surface area (Å²) in [6.45, 7) is 13.7. The Kier molecular flexibility index (Phi) is 4.51. The van der Waals surface area contributed by atoms with Crippen LogP contribution in [0.3, 0.4) is 0 Å². The van der Waals surface area contributed by atoms with E-state index in [1.807, 2.05) is 0 Å². The molecule has 3 heteroatoms. The maximum absolute atomic E-state index is 12.5. The van der Waals surface area contributed by atoms with Crippen LogP contribution in [-0.4, -0.2) is 28.7 Å². The average molecular weight is 429 g/mol. The second kappa shape index (κ2) is 6.60. The highest BCUT2D eigenvalue weighted by molar-refractivity contribution is 5.27. The van der Waals surface area contributed by atoms with Crippen molar-refractivity contribution < 1.29 is 14.6 Å². The molecule has 4 saturated carbocycles. The van der Waals surface area contributed by atoms with Crippen molar-refractivity contribution in [1.29, 1.82) is 0 Å². The van der Waals surface area contributed by atoms with Gasteiger partial charge in [-0.25, -0.2) is 0 Å². The van der Waals surface area contributed by atoms with E-state index in [-0.39, 0.29) is 29.3 Å². The van der Waals surface area contributed by atoms with Crippen LogP contribution >= 0.6 is 0 Å². The molecule has 6 aliphatic rings. The third-order valence-electron chi connectivity index (χ3n) is 11.8. The van der Waals surface area contributed by atoms with Crippen molar-refractivity contribution in [2.45, 2.75) is 122 Å². The lowest BCUT2D eigenvalue weighted by Crippen LogP contribution is -2.64. The normalized spacial score (nSPS) is 57.0. The maximum atomic E-state index is 12.5. The first-order chi connectivity index (χ1) is 14.7. The van der Waals surface area contributed by atoms with Gasteiger partial charge in [-0.2, -0.15) is 0 Å². The molecule has 1 N–H and O–H groups in total. The Morgan fingerprint density at radius 3 is 2.65 bits per heavy atom. The molecular weight excluding hydrogens is 384 g/mol. The third kappa shape index (κ3) is 2.52. The van der Waals surface area contributed by atoms with Gasteiger partial charge in [0, 0.05) is 17.3 Å². The van der Waals surface area contributed by atoms with Crippen molar-refractivity contribution in [1.82, 2.24) is 0 Å². The van der Waals surface area contributed by atoms with Crippen LogP contribution in [0.15, 0.2) is 12.2 Å². The van der Waals surface area contributed by atoms with E-state index in [2.05, 4.69) is 34.3 Å². The molecule has 2 saturated heterocycles. The minimum atomic E-state index is -0.550. The van der Waals surface area contributed by atoms with Crippen molar-refractivity contribution in [2.75, 3.05) is 0 Å². The molecule has 174 valence electrons. The van der Waals surface area contributed by atoms with Gasteiger partial charge in [-0.15, -0.1) is 0 Å². The van der Waals surface area contributed by atoms with Crippen LogP contribution in [0.4, 0.5) is 0 Å². The molecule has 2 heterocycles. The molecule has 2 bridgehead atoms. The van der Waals surface area contributed by atoms with E-state index in [0.29, 0.717) is 23.2 Å². The van der Waals surface area contributed by atoms with Crippen molar-refractivity contribution in [2.24, 2.45) is 40.4 Å². The first-order valence-corrected chi connectivity index (χ1v) is 13.4. The molecule has 31 heavy (non-hydrogen) atoms. The van der Waals surface area contributed by atoms with Crippen LogP contribution < -0.4 is 0 Å². The molecule has 3 nitrogen and oxygen atoms in total. The van der Waals surface area contributed by atoms with Crippen molar-refractivity contribution in [3.63, 3.8) is 0 Å². The van der Waals surface area contributed by atoms with Crippen LogP contribution in [0.1, 0.15) is 98.3 Å². The van der Waals surface area contributed by atoms with Gasteiger partial charge in [0.1, 0.15) is 0 Å². The van der Waals surface area contributed by atoms with Crippen LogP contribution in [-0.2, 0) is 9.47 Å². The summed E-state index contributed by atoms with van der Waals surface area (Å²) in [5, 5.41) is 12.5. The minimum Gasteiger partial charge on any atom is -0.389 e. The molecule has 2 aliphatic heterocycles. The number of allylic oxidation sites excluding steroid dienone is 1. The molecular formula is C28H44O3. The topological polar surface area (TPSA) is 38.7 Å². The molecule has 10 atom stereocenters. The molecule has 0 aromatic rings. The number of hydrogen-bond acceptors (Lipinski definition) is 3. The SMILES string of the molecule is C=C(CCC1(C)OC2OC3CC1C21CCC2C4(C)CCCCC4CCC2(O)C31)C(C)C. The standard InChI is InChI=1S/C28H44O3/c1-17(2)18(3)9-13-26(5)22-16-20-23-27(22,24(30-20)31-26)14-11-21-25(4)12-7-6-8-19(25)10-15-28(21,23)29/h17,19-24,29H,3,6-16H2,1-2,4-5H3. The largest absolute Gasteiger partial charge is 0.389 e. The lowest BCUT2D eigenvalue weighted by Gasteiger charge is -2.63. The summed E-state index contributed by atoms with van der Waals surface area (Å²) >= 11 is 0. The van der Waals surface area contributed by atoms with Gasteiger partial charge in [0.2, 0.25) is 0 Å². The first-order valence-electron chi connectivity index (χ1n) is 13.4. The highest BCUT2D eigenvalue weighted by Crippen LogP contribution is 2.77. The summed E-state index contributed by atoms with van der Waals surface area (Å²) < 4.78 is 13.4. The van der Waals surface area contributed by atoms with E-state index in [4.69, 9.17) is 9.47 Å². The molecule has 6 fully saturated rings. The maximum Gasteiger partial charge on any atom is 0.165 e. The highest BCUT2D eigenvalue weighted by Gasteiger charge is 2.81. The summed E-state index contributed by atoms with van der Waals surface area (Å²) in [6, 6.07) is 0. The highest BCUT2D eigenvalue weighted by atomic mass is 16.7. The van der Waals surface area contributed by atoms with Gasteiger partial charge in [-0.05, 0) is 87.9 Å². The fraction of sp³-hybridized carbons (Fsp3) is 0.929. The third-order valence-corrected chi connectivity index (χ3v) is 11.8. The minimum absolute atomic E-state index is 0.0433. The van der Waals surface area contributed by atoms with Gasteiger partial charge in [-0.3, -0.25) is 0 Å². The van der Waals surface area contributed by atoms with Crippen molar-refractivity contribution in [3.8, 4) is 0 Å². The molecule has 0 radical (unpaired) electrons. The molecule has 4 aliphatic carbocycles. The zero-order valence-electron chi connectivity index (χ0n) is 20.3. The van der Waals surface area contributed by atoms with Crippen LogP contribution in [0.25, 0.3) is 0 Å². The van der Waals surface area contributed by atoms with Crippen molar-refractivity contribution >= 4 is 0 Å². The fourth-order valence-corrected chi connectivity index (χ4v) is 10.2. The van der Waals surface area contributed by atoms with Gasteiger partial charge >= 0.3 is 0 Å². The smallest absolute Gasteiger partial charge is 0.165 e.